The van der Waals surface area contributed by atoms with Gasteiger partial charge >= 0.3 is 0 Å². The molecule has 0 saturated carbocycles. The van der Waals surface area contributed by atoms with Crippen molar-refractivity contribution >= 4 is 33.6 Å². The Labute approximate surface area is 197 Å². The van der Waals surface area contributed by atoms with E-state index in [4.69, 9.17) is 0 Å². The summed E-state index contributed by atoms with van der Waals surface area (Å²) in [6, 6.07) is 44.3. The van der Waals surface area contributed by atoms with Crippen LogP contribution in [-0.4, -0.2) is 4.98 Å². The highest BCUT2D eigenvalue weighted by atomic mass is 32.2. The number of para-hydroxylation sites is 1. The molecule has 1 aliphatic rings. The van der Waals surface area contributed by atoms with Crippen LogP contribution in [0.15, 0.2) is 131 Å². The highest BCUT2D eigenvalue weighted by Gasteiger charge is 2.44. The maximum atomic E-state index is 3.65. The Hall–Kier alpha value is -3.75. The van der Waals surface area contributed by atoms with Crippen molar-refractivity contribution in [2.24, 2.45) is 0 Å². The number of rotatable bonds is 2. The van der Waals surface area contributed by atoms with E-state index in [9.17, 15) is 0 Å². The molecule has 0 spiro atoms. The lowest BCUT2D eigenvalue weighted by Gasteiger charge is -2.42. The van der Waals surface area contributed by atoms with Crippen molar-refractivity contribution in [3.63, 3.8) is 0 Å². The highest BCUT2D eigenvalue weighted by molar-refractivity contribution is 7.99. The SMILES string of the molecule is c1ccc(C2(c3ccccc3)c3ccccc3Sc3cc4[nH]c5ccccc5c4cc32)cc1. The van der Waals surface area contributed by atoms with E-state index in [-0.39, 0.29) is 5.41 Å². The first-order valence-electron chi connectivity index (χ1n) is 11.3. The lowest BCUT2D eigenvalue weighted by molar-refractivity contribution is 0.704. The third kappa shape index (κ3) is 2.62. The number of hydrogen-bond acceptors (Lipinski definition) is 1. The van der Waals surface area contributed by atoms with Crippen LogP contribution in [0.5, 0.6) is 0 Å². The first-order chi connectivity index (χ1) is 16.4. The number of fused-ring (bicyclic) bond motifs is 5. The summed E-state index contributed by atoms with van der Waals surface area (Å²) >= 11 is 1.88. The van der Waals surface area contributed by atoms with E-state index in [1.807, 2.05) is 11.8 Å². The second-order valence-corrected chi connectivity index (χ2v) is 9.73. The van der Waals surface area contributed by atoms with E-state index in [0.29, 0.717) is 0 Å². The molecule has 0 fully saturated rings. The fraction of sp³-hybridized carbons (Fsp3) is 0.0323. The van der Waals surface area contributed by atoms with Crippen LogP contribution in [0.3, 0.4) is 0 Å². The fourth-order valence-corrected chi connectivity index (χ4v) is 6.76. The maximum absolute atomic E-state index is 3.65. The molecule has 6 aromatic rings. The van der Waals surface area contributed by atoms with Gasteiger partial charge < -0.3 is 4.98 Å². The molecule has 156 valence electrons. The summed E-state index contributed by atoms with van der Waals surface area (Å²) in [4.78, 5) is 6.26. The van der Waals surface area contributed by atoms with Gasteiger partial charge in [0, 0.05) is 31.6 Å². The molecule has 2 heterocycles. The van der Waals surface area contributed by atoms with Gasteiger partial charge in [0.05, 0.1) is 5.41 Å². The predicted octanol–water partition coefficient (Wildman–Crippen LogP) is 8.17. The van der Waals surface area contributed by atoms with Crippen molar-refractivity contribution in [3.8, 4) is 0 Å². The Morgan fingerprint density at radius 2 is 1.12 bits per heavy atom. The third-order valence-corrected chi connectivity index (χ3v) is 8.07. The average molecular weight is 440 g/mol. The smallest absolute Gasteiger partial charge is 0.0723 e. The first kappa shape index (κ1) is 18.8. The van der Waals surface area contributed by atoms with Gasteiger partial charge in [-0.05, 0) is 46.5 Å². The second-order valence-electron chi connectivity index (χ2n) is 8.64. The van der Waals surface area contributed by atoms with Crippen LogP contribution in [0.25, 0.3) is 21.8 Å². The topological polar surface area (TPSA) is 15.8 Å². The first-order valence-corrected chi connectivity index (χ1v) is 12.1. The quantitative estimate of drug-likeness (QED) is 0.287. The predicted molar refractivity (Wildman–Crippen MR) is 138 cm³/mol. The standard InChI is InChI=1S/C31H21NS/c1-3-11-21(12-4-1)31(22-13-5-2-6-14-22)25-16-8-10-18-29(25)33-30-20-28-24(19-26(30)31)23-15-7-9-17-27(23)32-28/h1-20,32H. The van der Waals surface area contributed by atoms with Crippen LogP contribution in [-0.2, 0) is 5.41 Å². The van der Waals surface area contributed by atoms with E-state index in [1.54, 1.807) is 0 Å². The molecule has 0 amide bonds. The van der Waals surface area contributed by atoms with Crippen LogP contribution < -0.4 is 0 Å². The molecule has 1 nitrogen and oxygen atoms in total. The van der Waals surface area contributed by atoms with Gasteiger partial charge in [-0.15, -0.1) is 0 Å². The summed E-state index contributed by atoms with van der Waals surface area (Å²) in [5, 5.41) is 2.55. The molecular weight excluding hydrogens is 418 g/mol. The molecule has 5 aromatic carbocycles. The van der Waals surface area contributed by atoms with Crippen LogP contribution >= 0.6 is 11.8 Å². The maximum Gasteiger partial charge on any atom is 0.0723 e. The van der Waals surface area contributed by atoms with Crippen molar-refractivity contribution in [2.75, 3.05) is 0 Å². The lowest BCUT2D eigenvalue weighted by atomic mass is 9.64. The van der Waals surface area contributed by atoms with Crippen molar-refractivity contribution < 1.29 is 0 Å². The van der Waals surface area contributed by atoms with Crippen molar-refractivity contribution in [3.05, 3.63) is 144 Å². The molecule has 0 aliphatic carbocycles. The monoisotopic (exact) mass is 439 g/mol. The Morgan fingerprint density at radius 3 is 1.88 bits per heavy atom. The van der Waals surface area contributed by atoms with Gasteiger partial charge in [0.15, 0.2) is 0 Å². The van der Waals surface area contributed by atoms with Gasteiger partial charge in [0.1, 0.15) is 0 Å². The lowest BCUT2D eigenvalue weighted by Crippen LogP contribution is -2.34. The molecule has 1 aliphatic heterocycles. The van der Waals surface area contributed by atoms with Gasteiger partial charge in [0.25, 0.3) is 0 Å². The van der Waals surface area contributed by atoms with E-state index in [1.165, 1.54) is 53.9 Å². The summed E-state index contributed by atoms with van der Waals surface area (Å²) < 4.78 is 0. The Balaban J connectivity index is 1.68. The second kappa shape index (κ2) is 7.13. The Bertz CT molecular complexity index is 1590. The number of H-pyrrole nitrogens is 1. The van der Waals surface area contributed by atoms with Gasteiger partial charge in [-0.1, -0.05) is 109 Å². The van der Waals surface area contributed by atoms with Gasteiger partial charge in [-0.3, -0.25) is 0 Å². The zero-order valence-electron chi connectivity index (χ0n) is 18.0. The minimum absolute atomic E-state index is 0.383. The van der Waals surface area contributed by atoms with Crippen LogP contribution in [0, 0.1) is 0 Å². The third-order valence-electron chi connectivity index (χ3n) is 6.93. The van der Waals surface area contributed by atoms with Crippen molar-refractivity contribution in [1.29, 1.82) is 0 Å². The highest BCUT2D eigenvalue weighted by Crippen LogP contribution is 2.56. The number of hydrogen-bond donors (Lipinski definition) is 1. The molecule has 2 heteroatoms. The van der Waals surface area contributed by atoms with Crippen molar-refractivity contribution in [1.82, 2.24) is 4.98 Å². The average Bonchev–Trinajstić information content (AvgIpc) is 3.24. The number of aromatic amines is 1. The zero-order valence-corrected chi connectivity index (χ0v) is 18.8. The van der Waals surface area contributed by atoms with Crippen LogP contribution in [0.2, 0.25) is 0 Å². The number of aromatic nitrogens is 1. The van der Waals surface area contributed by atoms with Crippen molar-refractivity contribution in [2.45, 2.75) is 15.2 Å². The van der Waals surface area contributed by atoms with Gasteiger partial charge in [0.2, 0.25) is 0 Å². The van der Waals surface area contributed by atoms with E-state index >= 15 is 0 Å². The molecule has 0 saturated heterocycles. The Morgan fingerprint density at radius 1 is 0.485 bits per heavy atom. The van der Waals surface area contributed by atoms with Crippen LogP contribution in [0.4, 0.5) is 0 Å². The van der Waals surface area contributed by atoms with Gasteiger partial charge in [-0.25, -0.2) is 0 Å². The molecular formula is C31H21NS. The van der Waals surface area contributed by atoms with E-state index in [2.05, 4.69) is 126 Å². The van der Waals surface area contributed by atoms with E-state index in [0.717, 1.165) is 0 Å². The minimum Gasteiger partial charge on any atom is -0.354 e. The number of nitrogens with one attached hydrogen (secondary N) is 1. The summed E-state index contributed by atoms with van der Waals surface area (Å²) in [6.07, 6.45) is 0. The summed E-state index contributed by atoms with van der Waals surface area (Å²) in [5.74, 6) is 0. The molecule has 0 unspecified atom stereocenters. The van der Waals surface area contributed by atoms with Crippen LogP contribution in [0.1, 0.15) is 22.3 Å². The molecule has 1 aromatic heterocycles. The normalized spacial score (nSPS) is 14.2. The fourth-order valence-electron chi connectivity index (χ4n) is 5.55. The molecule has 0 bridgehead atoms. The summed E-state index contributed by atoms with van der Waals surface area (Å²) in [6.45, 7) is 0. The summed E-state index contributed by atoms with van der Waals surface area (Å²) in [7, 11) is 0. The van der Waals surface area contributed by atoms with Gasteiger partial charge in [-0.2, -0.15) is 0 Å². The minimum atomic E-state index is -0.383. The molecule has 1 N–H and O–H groups in total. The molecule has 0 atom stereocenters. The molecule has 33 heavy (non-hydrogen) atoms. The molecule has 7 rings (SSSR count). The Kier molecular flexibility index (Phi) is 4.06. The summed E-state index contributed by atoms with van der Waals surface area (Å²) in [5.41, 5.74) is 7.28. The zero-order chi connectivity index (χ0) is 21.8. The number of benzene rings is 5. The largest absolute Gasteiger partial charge is 0.354 e. The van der Waals surface area contributed by atoms with E-state index < -0.39 is 0 Å². The molecule has 0 radical (unpaired) electrons.